The Morgan fingerprint density at radius 1 is 1.23 bits per heavy atom. The molecule has 0 aromatic heterocycles. The summed E-state index contributed by atoms with van der Waals surface area (Å²) < 4.78 is 11.6. The van der Waals surface area contributed by atoms with E-state index in [0.717, 1.165) is 44.9 Å². The number of ketones is 1. The highest BCUT2D eigenvalue weighted by Crippen LogP contribution is 2.65. The zero-order valence-electron chi connectivity index (χ0n) is 19.1. The van der Waals surface area contributed by atoms with Gasteiger partial charge in [-0.2, -0.15) is 0 Å². The molecule has 2 aliphatic heterocycles. The Balaban J connectivity index is 1.64. The van der Waals surface area contributed by atoms with Gasteiger partial charge in [0.05, 0.1) is 18.0 Å². The number of carbonyl (C=O) groups is 2. The van der Waals surface area contributed by atoms with Gasteiger partial charge in [-0.15, -0.1) is 0 Å². The number of halogens is 1. The maximum Gasteiger partial charge on any atom is 0.305 e. The molecule has 4 aliphatic rings. The molecule has 2 saturated heterocycles. The van der Waals surface area contributed by atoms with E-state index in [1.165, 1.54) is 20.0 Å². The molecule has 0 aromatic carbocycles. The van der Waals surface area contributed by atoms with E-state index in [1.807, 2.05) is 0 Å². The summed E-state index contributed by atoms with van der Waals surface area (Å²) in [5.74, 6) is 2.55. The summed E-state index contributed by atoms with van der Waals surface area (Å²) in [5, 5.41) is 0. The van der Waals surface area contributed by atoms with Crippen LogP contribution in [-0.4, -0.2) is 35.4 Å². The Kier molecular flexibility index (Phi) is 6.45. The van der Waals surface area contributed by atoms with Gasteiger partial charge >= 0.3 is 5.97 Å². The first-order valence-electron chi connectivity index (χ1n) is 12.2. The van der Waals surface area contributed by atoms with Crippen LogP contribution in [0.1, 0.15) is 85.0 Å². The van der Waals surface area contributed by atoms with E-state index in [4.69, 9.17) is 9.47 Å². The van der Waals surface area contributed by atoms with Crippen LogP contribution in [-0.2, 0) is 19.1 Å². The zero-order chi connectivity index (χ0) is 21.7. The first kappa shape index (κ1) is 22.8. The van der Waals surface area contributed by atoms with E-state index in [1.54, 1.807) is 0 Å². The van der Waals surface area contributed by atoms with E-state index < -0.39 is 5.60 Å². The number of Topliss-reactive ketones (excluding diaryl/α,β-unsaturated/α-hetero) is 1. The summed E-state index contributed by atoms with van der Waals surface area (Å²) in [7, 11) is 1.46. The van der Waals surface area contributed by atoms with Crippen molar-refractivity contribution in [1.29, 1.82) is 0 Å². The monoisotopic (exact) mass is 482 g/mol. The Morgan fingerprint density at radius 3 is 2.70 bits per heavy atom. The molecule has 4 fully saturated rings. The predicted molar refractivity (Wildman–Crippen MR) is 120 cm³/mol. The lowest BCUT2D eigenvalue weighted by molar-refractivity contribution is -0.211. The lowest BCUT2D eigenvalue weighted by Crippen LogP contribution is -2.67. The van der Waals surface area contributed by atoms with Crippen LogP contribution in [0.4, 0.5) is 0 Å². The van der Waals surface area contributed by atoms with Crippen LogP contribution in [0.5, 0.6) is 0 Å². The average molecular weight is 483 g/mol. The van der Waals surface area contributed by atoms with Crippen molar-refractivity contribution in [3.63, 3.8) is 0 Å². The van der Waals surface area contributed by atoms with Gasteiger partial charge in [0.1, 0.15) is 5.60 Å². The first-order valence-corrected chi connectivity index (χ1v) is 13.1. The fourth-order valence-electron chi connectivity index (χ4n) is 7.91. The molecule has 0 radical (unpaired) electrons. The summed E-state index contributed by atoms with van der Waals surface area (Å²) in [6.45, 7) is 6.98. The molecule has 0 unspecified atom stereocenters. The number of hydrogen-bond acceptors (Lipinski definition) is 4. The highest BCUT2D eigenvalue weighted by atomic mass is 79.9. The van der Waals surface area contributed by atoms with Crippen molar-refractivity contribution in [3.05, 3.63) is 0 Å². The lowest BCUT2D eigenvalue weighted by Gasteiger charge is -2.59. The number of esters is 1. The van der Waals surface area contributed by atoms with Crippen LogP contribution in [0.25, 0.3) is 0 Å². The lowest BCUT2D eigenvalue weighted by atomic mass is 9.52. The molecule has 2 bridgehead atoms. The molecule has 9 atom stereocenters. The number of carbonyl (C=O) groups excluding carboxylic acids is 2. The molecule has 170 valence electrons. The number of ether oxygens (including phenoxy) is 2. The fraction of sp³-hybridized carbons (Fsp3) is 0.920. The summed E-state index contributed by atoms with van der Waals surface area (Å²) in [6.07, 6.45) is 10.4. The highest BCUT2D eigenvalue weighted by Gasteiger charge is 2.68. The minimum Gasteiger partial charge on any atom is -0.469 e. The van der Waals surface area contributed by atoms with E-state index in [0.29, 0.717) is 41.8 Å². The quantitative estimate of drug-likeness (QED) is 0.380. The Hall–Kier alpha value is -0.420. The van der Waals surface area contributed by atoms with E-state index in [9.17, 15) is 9.59 Å². The smallest absolute Gasteiger partial charge is 0.305 e. The van der Waals surface area contributed by atoms with Gasteiger partial charge in [0.2, 0.25) is 0 Å². The summed E-state index contributed by atoms with van der Waals surface area (Å²) in [6, 6.07) is 0. The molecule has 30 heavy (non-hydrogen) atoms. The van der Waals surface area contributed by atoms with Crippen LogP contribution >= 0.6 is 15.9 Å². The number of alkyl halides is 1. The maximum atomic E-state index is 14.0. The van der Waals surface area contributed by atoms with Gasteiger partial charge in [0, 0.05) is 6.42 Å². The fourth-order valence-corrected chi connectivity index (χ4v) is 8.98. The second kappa shape index (κ2) is 8.50. The van der Waals surface area contributed by atoms with Crippen molar-refractivity contribution in [2.75, 3.05) is 7.11 Å². The first-order chi connectivity index (χ1) is 14.2. The van der Waals surface area contributed by atoms with Crippen molar-refractivity contribution < 1.29 is 19.1 Å². The van der Waals surface area contributed by atoms with Gasteiger partial charge in [-0.3, -0.25) is 9.59 Å². The minimum absolute atomic E-state index is 0.0682. The molecule has 0 amide bonds. The van der Waals surface area contributed by atoms with Crippen LogP contribution in [0.15, 0.2) is 0 Å². The Bertz CT molecular complexity index is 680. The largest absolute Gasteiger partial charge is 0.469 e. The maximum absolute atomic E-state index is 14.0. The number of fused-ring (bicyclic) bond motifs is 3. The third-order valence-corrected chi connectivity index (χ3v) is 10.9. The third-order valence-electron chi connectivity index (χ3n) is 9.47. The van der Waals surface area contributed by atoms with Crippen molar-refractivity contribution in [2.45, 2.75) is 102 Å². The number of hydrogen-bond donors (Lipinski definition) is 0. The molecule has 0 N–H and O–H groups in total. The second-order valence-corrected chi connectivity index (χ2v) is 11.9. The van der Waals surface area contributed by atoms with Crippen LogP contribution in [0.2, 0.25) is 0 Å². The molecule has 4 rings (SSSR count). The number of rotatable bonds is 4. The van der Waals surface area contributed by atoms with Gasteiger partial charge < -0.3 is 9.47 Å². The van der Waals surface area contributed by atoms with Gasteiger partial charge in [0.25, 0.3) is 0 Å². The standard InChI is InChI=1S/C25H39BrO4/c1-15-7-9-20-19-11-10-18(16(2)8-12-21(27)29-4)24(19,3)22(26)23(28)25(20)13-5-6-17(14-15)30-25/h15-20,22H,5-14H2,1-4H3/t15-,16+,17+,18+,19-,20-,22+,24-,25-/m0/s1. The normalized spacial score (nSPS) is 46.9. The molecule has 5 heteroatoms. The van der Waals surface area contributed by atoms with Gasteiger partial charge in [0.15, 0.2) is 5.78 Å². The van der Waals surface area contributed by atoms with Crippen molar-refractivity contribution in [3.8, 4) is 0 Å². The van der Waals surface area contributed by atoms with E-state index >= 15 is 0 Å². The van der Waals surface area contributed by atoms with Crippen molar-refractivity contribution >= 4 is 27.7 Å². The topological polar surface area (TPSA) is 52.6 Å². The van der Waals surface area contributed by atoms with E-state index in [2.05, 4.69) is 36.7 Å². The predicted octanol–water partition coefficient (Wildman–Crippen LogP) is 5.70. The molecule has 4 nitrogen and oxygen atoms in total. The van der Waals surface area contributed by atoms with E-state index in [-0.39, 0.29) is 22.3 Å². The molecule has 2 heterocycles. The average Bonchev–Trinajstić information content (AvgIpc) is 3.08. The van der Waals surface area contributed by atoms with Gasteiger partial charge in [-0.1, -0.05) is 43.1 Å². The molecular weight excluding hydrogens is 444 g/mol. The summed E-state index contributed by atoms with van der Waals surface area (Å²) in [4.78, 5) is 25.6. The van der Waals surface area contributed by atoms with Crippen molar-refractivity contribution in [1.82, 2.24) is 0 Å². The van der Waals surface area contributed by atoms with Gasteiger partial charge in [-0.05, 0) is 86.4 Å². The van der Waals surface area contributed by atoms with Crippen LogP contribution in [0.3, 0.4) is 0 Å². The zero-order valence-corrected chi connectivity index (χ0v) is 20.7. The number of methoxy groups -OCH3 is 1. The third kappa shape index (κ3) is 3.50. The molecule has 0 aromatic rings. The SMILES string of the molecule is COC(=O)CC[C@@H](C)[C@H]1CC[C@H]2[C@@H]3CC[C@H](C)C[C@H]4CCC[C@@]3(O4)C(=O)[C@@H](Br)[C@@]12C. The Labute approximate surface area is 190 Å². The summed E-state index contributed by atoms with van der Waals surface area (Å²) in [5.41, 5.74) is -0.632. The highest BCUT2D eigenvalue weighted by molar-refractivity contribution is 9.10. The molecule has 2 saturated carbocycles. The Morgan fingerprint density at radius 2 is 1.97 bits per heavy atom. The van der Waals surface area contributed by atoms with Gasteiger partial charge in [-0.25, -0.2) is 0 Å². The van der Waals surface area contributed by atoms with Crippen LogP contribution < -0.4 is 0 Å². The van der Waals surface area contributed by atoms with Crippen LogP contribution in [0, 0.1) is 35.0 Å². The van der Waals surface area contributed by atoms with Crippen molar-refractivity contribution in [2.24, 2.45) is 35.0 Å². The minimum atomic E-state index is -0.564. The summed E-state index contributed by atoms with van der Waals surface area (Å²) >= 11 is 3.94. The molecule has 1 spiro atoms. The second-order valence-electron chi connectivity index (χ2n) is 11.0. The molecule has 2 aliphatic carbocycles. The molecular formula is C25H39BrO4.